The van der Waals surface area contributed by atoms with Gasteiger partial charge in [-0.2, -0.15) is 0 Å². The van der Waals surface area contributed by atoms with E-state index in [1.807, 2.05) is 24.3 Å². The van der Waals surface area contributed by atoms with E-state index in [1.54, 1.807) is 7.11 Å². The molecule has 0 aliphatic heterocycles. The molecule has 2 aromatic carbocycles. The number of fused-ring (bicyclic) bond motifs is 1. The third kappa shape index (κ3) is 3.40. The predicted octanol–water partition coefficient (Wildman–Crippen LogP) is 4.51. The summed E-state index contributed by atoms with van der Waals surface area (Å²) >= 11 is 6.38. The Morgan fingerprint density at radius 1 is 1.17 bits per heavy atom. The van der Waals surface area contributed by atoms with Crippen LogP contribution in [0.25, 0.3) is 11.6 Å². The molecule has 118 valence electrons. The minimum absolute atomic E-state index is 0.317. The average Bonchev–Trinajstić information content (AvgIpc) is 2.59. The van der Waals surface area contributed by atoms with Crippen LogP contribution in [0.3, 0.4) is 0 Å². The molecule has 1 aliphatic carbocycles. The third-order valence-corrected chi connectivity index (χ3v) is 4.35. The number of aryl methyl sites for hydroxylation is 1. The molecule has 3 nitrogen and oxygen atoms in total. The molecule has 0 fully saturated rings. The Hall–Kier alpha value is -2.26. The second-order valence-electron chi connectivity index (χ2n) is 5.46. The van der Waals surface area contributed by atoms with Gasteiger partial charge in [0.25, 0.3) is 6.47 Å². The van der Waals surface area contributed by atoms with E-state index in [9.17, 15) is 4.79 Å². The van der Waals surface area contributed by atoms with Crippen LogP contribution < -0.4 is 4.74 Å². The molecule has 4 heteroatoms. The highest BCUT2D eigenvalue weighted by Gasteiger charge is 2.15. The van der Waals surface area contributed by atoms with Gasteiger partial charge in [0.05, 0.1) is 12.1 Å². The fourth-order valence-corrected chi connectivity index (χ4v) is 3.15. The molecule has 0 bridgehead atoms. The van der Waals surface area contributed by atoms with E-state index in [2.05, 4.69) is 18.2 Å². The number of methoxy groups -OCH3 is 1. The quantitative estimate of drug-likeness (QED) is 0.758. The molecule has 2 aromatic rings. The summed E-state index contributed by atoms with van der Waals surface area (Å²) in [5, 5.41) is 0.704. The number of carbonyl (C=O) groups is 1. The van der Waals surface area contributed by atoms with Crippen molar-refractivity contribution in [1.82, 2.24) is 0 Å². The van der Waals surface area contributed by atoms with E-state index in [0.717, 1.165) is 29.7 Å². The van der Waals surface area contributed by atoms with Gasteiger partial charge in [-0.05, 0) is 58.9 Å². The van der Waals surface area contributed by atoms with Crippen molar-refractivity contribution in [2.45, 2.75) is 19.4 Å². The molecule has 1 aliphatic rings. The van der Waals surface area contributed by atoms with E-state index in [4.69, 9.17) is 21.1 Å². The summed E-state index contributed by atoms with van der Waals surface area (Å²) in [5.41, 5.74) is 5.74. The Labute approximate surface area is 140 Å². The van der Waals surface area contributed by atoms with Gasteiger partial charge in [-0.25, -0.2) is 0 Å². The summed E-state index contributed by atoms with van der Waals surface area (Å²) in [6, 6.07) is 11.9. The largest absolute Gasteiger partial charge is 0.497 e. The van der Waals surface area contributed by atoms with E-state index in [-0.39, 0.29) is 0 Å². The number of hydrogen-bond donors (Lipinski definition) is 0. The van der Waals surface area contributed by atoms with Gasteiger partial charge in [0.15, 0.2) is 0 Å². The zero-order valence-electron chi connectivity index (χ0n) is 12.8. The lowest BCUT2D eigenvalue weighted by atomic mass is 9.88. The van der Waals surface area contributed by atoms with E-state index in [1.165, 1.54) is 16.7 Å². The fourth-order valence-electron chi connectivity index (χ4n) is 2.86. The monoisotopic (exact) mass is 328 g/mol. The van der Waals surface area contributed by atoms with E-state index >= 15 is 0 Å². The van der Waals surface area contributed by atoms with Crippen molar-refractivity contribution in [3.63, 3.8) is 0 Å². The minimum atomic E-state index is 0.317. The maximum Gasteiger partial charge on any atom is 0.293 e. The van der Waals surface area contributed by atoms with Crippen LogP contribution >= 0.6 is 11.6 Å². The fraction of sp³-hybridized carbons (Fsp3) is 0.211. The summed E-state index contributed by atoms with van der Waals surface area (Å²) in [6.07, 6.45) is 4.05. The van der Waals surface area contributed by atoms with Crippen molar-refractivity contribution >= 4 is 29.7 Å². The molecule has 0 amide bonds. The van der Waals surface area contributed by atoms with Gasteiger partial charge >= 0.3 is 0 Å². The number of benzene rings is 2. The first-order valence-electron chi connectivity index (χ1n) is 7.43. The molecule has 0 aromatic heterocycles. The van der Waals surface area contributed by atoms with Crippen LogP contribution in [-0.2, 0) is 22.6 Å². The Bertz CT molecular complexity index is 765. The van der Waals surface area contributed by atoms with Gasteiger partial charge in [-0.3, -0.25) is 4.79 Å². The first-order valence-corrected chi connectivity index (χ1v) is 7.80. The molecule has 0 saturated carbocycles. The Balaban J connectivity index is 1.90. The van der Waals surface area contributed by atoms with E-state index in [0.29, 0.717) is 18.1 Å². The van der Waals surface area contributed by atoms with Crippen molar-refractivity contribution in [2.75, 3.05) is 7.11 Å². The molecular weight excluding hydrogens is 312 g/mol. The van der Waals surface area contributed by atoms with Crippen LogP contribution in [0.1, 0.15) is 28.7 Å². The van der Waals surface area contributed by atoms with Gasteiger partial charge in [0.1, 0.15) is 12.4 Å². The number of rotatable bonds is 5. The second-order valence-corrected chi connectivity index (χ2v) is 5.86. The Morgan fingerprint density at radius 2 is 2.04 bits per heavy atom. The lowest BCUT2D eigenvalue weighted by Crippen LogP contribution is -2.01. The summed E-state index contributed by atoms with van der Waals surface area (Å²) in [6.45, 7) is 0.792. The van der Waals surface area contributed by atoms with Crippen LogP contribution in [0, 0.1) is 0 Å². The topological polar surface area (TPSA) is 35.5 Å². The van der Waals surface area contributed by atoms with Crippen LogP contribution in [0.15, 0.2) is 36.4 Å². The van der Waals surface area contributed by atoms with Crippen molar-refractivity contribution < 1.29 is 14.3 Å². The smallest absolute Gasteiger partial charge is 0.293 e. The molecule has 0 radical (unpaired) electrons. The molecule has 0 saturated heterocycles. The van der Waals surface area contributed by atoms with Crippen molar-refractivity contribution in [1.29, 1.82) is 0 Å². The summed E-state index contributed by atoms with van der Waals surface area (Å²) in [4.78, 5) is 10.3. The highest BCUT2D eigenvalue weighted by Crippen LogP contribution is 2.35. The second kappa shape index (κ2) is 6.88. The zero-order chi connectivity index (χ0) is 16.2. The summed E-state index contributed by atoms with van der Waals surface area (Å²) in [5.74, 6) is 0.760. The van der Waals surface area contributed by atoms with Gasteiger partial charge in [0, 0.05) is 0 Å². The van der Waals surface area contributed by atoms with Crippen molar-refractivity contribution in [2.24, 2.45) is 0 Å². The van der Waals surface area contributed by atoms with Gasteiger partial charge in [-0.15, -0.1) is 0 Å². The van der Waals surface area contributed by atoms with Crippen LogP contribution in [0.4, 0.5) is 0 Å². The molecule has 0 atom stereocenters. The molecular formula is C19H17ClO3. The maximum atomic E-state index is 10.3. The normalized spacial score (nSPS) is 13.0. The average molecular weight is 329 g/mol. The van der Waals surface area contributed by atoms with Crippen LogP contribution in [0.5, 0.6) is 5.75 Å². The molecule has 0 N–H and O–H groups in total. The number of ether oxygens (including phenoxy) is 2. The highest BCUT2D eigenvalue weighted by atomic mass is 35.5. The van der Waals surface area contributed by atoms with Crippen molar-refractivity contribution in [3.8, 4) is 5.75 Å². The highest BCUT2D eigenvalue weighted by molar-refractivity contribution is 6.32. The predicted molar refractivity (Wildman–Crippen MR) is 91.5 cm³/mol. The lowest BCUT2D eigenvalue weighted by Gasteiger charge is -2.19. The molecule has 0 unspecified atom stereocenters. The molecule has 0 spiro atoms. The molecule has 23 heavy (non-hydrogen) atoms. The first kappa shape index (κ1) is 15.6. The zero-order valence-corrected chi connectivity index (χ0v) is 13.6. The van der Waals surface area contributed by atoms with Gasteiger partial charge < -0.3 is 9.47 Å². The first-order chi connectivity index (χ1) is 11.2. The number of halogens is 1. The van der Waals surface area contributed by atoms with Gasteiger partial charge in [-0.1, -0.05) is 35.9 Å². The Morgan fingerprint density at radius 3 is 2.78 bits per heavy atom. The summed E-state index contributed by atoms with van der Waals surface area (Å²) in [7, 11) is 1.63. The SMILES string of the molecule is COc1ccc(C2=Cc3ccc(COC=O)cc3CC2)c(Cl)c1. The molecule has 0 heterocycles. The Kier molecular flexibility index (Phi) is 4.68. The van der Waals surface area contributed by atoms with Crippen LogP contribution in [0.2, 0.25) is 5.02 Å². The molecule has 3 rings (SSSR count). The van der Waals surface area contributed by atoms with Crippen LogP contribution in [-0.4, -0.2) is 13.6 Å². The number of hydrogen-bond acceptors (Lipinski definition) is 3. The van der Waals surface area contributed by atoms with Gasteiger partial charge in [0.2, 0.25) is 0 Å². The number of carbonyl (C=O) groups excluding carboxylic acids is 1. The third-order valence-electron chi connectivity index (χ3n) is 4.04. The lowest BCUT2D eigenvalue weighted by molar-refractivity contribution is -0.129. The van der Waals surface area contributed by atoms with E-state index < -0.39 is 0 Å². The maximum absolute atomic E-state index is 10.3. The minimum Gasteiger partial charge on any atom is -0.497 e. The van der Waals surface area contributed by atoms with Crippen molar-refractivity contribution in [3.05, 3.63) is 63.7 Å². The number of allylic oxidation sites excluding steroid dienone is 1. The standard InChI is InChI=1S/C19H17ClO3/c1-22-17-6-7-18(19(20)10-17)16-5-4-14-8-13(11-23-12-21)2-3-15(14)9-16/h2-3,6-10,12H,4-5,11H2,1H3. The summed E-state index contributed by atoms with van der Waals surface area (Å²) < 4.78 is 10.0.